The lowest BCUT2D eigenvalue weighted by Gasteiger charge is -2.23. The second-order valence-electron chi connectivity index (χ2n) is 4.90. The summed E-state index contributed by atoms with van der Waals surface area (Å²) in [4.78, 5) is 20.4. The Hall–Kier alpha value is -1.62. The average molecular weight is 275 g/mol. The van der Waals surface area contributed by atoms with E-state index in [1.165, 1.54) is 11.3 Å². The Morgan fingerprint density at radius 1 is 1.63 bits per heavy atom. The number of hydrogen-bond donors (Lipinski definition) is 1. The van der Waals surface area contributed by atoms with Crippen LogP contribution in [0.15, 0.2) is 18.3 Å². The quantitative estimate of drug-likeness (QED) is 0.916. The van der Waals surface area contributed by atoms with Gasteiger partial charge in [0.25, 0.3) is 5.91 Å². The molecule has 1 atom stereocenters. The van der Waals surface area contributed by atoms with Gasteiger partial charge in [0.2, 0.25) is 0 Å². The van der Waals surface area contributed by atoms with Crippen LogP contribution in [-0.2, 0) is 0 Å². The molecule has 1 unspecified atom stereocenters. The van der Waals surface area contributed by atoms with Gasteiger partial charge in [-0.1, -0.05) is 6.92 Å². The standard InChI is InChI=1S/C14H17N3OS/c1-2-9-5-4-8-17(9)14(18)12-11(15)10-6-3-7-16-13(10)19-12/h3,6-7,9H,2,4-5,8,15H2,1H3. The lowest BCUT2D eigenvalue weighted by Crippen LogP contribution is -2.34. The smallest absolute Gasteiger partial charge is 0.266 e. The number of pyridine rings is 1. The fourth-order valence-electron chi connectivity index (χ4n) is 2.77. The number of nitrogens with zero attached hydrogens (tertiary/aromatic N) is 2. The van der Waals surface area contributed by atoms with Crippen molar-refractivity contribution < 1.29 is 4.79 Å². The minimum absolute atomic E-state index is 0.0739. The number of anilines is 1. The number of nitrogens with two attached hydrogens (primary N) is 1. The van der Waals surface area contributed by atoms with E-state index in [1.807, 2.05) is 17.0 Å². The molecule has 2 N–H and O–H groups in total. The molecule has 0 aliphatic carbocycles. The minimum atomic E-state index is 0.0739. The molecule has 0 spiro atoms. The SMILES string of the molecule is CCC1CCCN1C(=O)c1sc2ncccc2c1N. The molecule has 4 nitrogen and oxygen atoms in total. The van der Waals surface area contributed by atoms with Gasteiger partial charge in [-0.15, -0.1) is 11.3 Å². The molecule has 1 saturated heterocycles. The Kier molecular flexibility index (Phi) is 3.14. The summed E-state index contributed by atoms with van der Waals surface area (Å²) in [6.45, 7) is 2.98. The molecular weight excluding hydrogens is 258 g/mol. The van der Waals surface area contributed by atoms with Crippen molar-refractivity contribution in [3.05, 3.63) is 23.2 Å². The maximum absolute atomic E-state index is 12.6. The van der Waals surface area contributed by atoms with Gasteiger partial charge in [-0.3, -0.25) is 4.79 Å². The molecule has 1 fully saturated rings. The van der Waals surface area contributed by atoms with Gasteiger partial charge < -0.3 is 10.6 Å². The van der Waals surface area contributed by atoms with Crippen LogP contribution in [-0.4, -0.2) is 28.4 Å². The zero-order chi connectivity index (χ0) is 13.4. The van der Waals surface area contributed by atoms with Gasteiger partial charge in [0.05, 0.1) is 5.69 Å². The zero-order valence-electron chi connectivity index (χ0n) is 10.9. The molecule has 1 aliphatic heterocycles. The third-order valence-corrected chi connectivity index (χ3v) is 4.93. The summed E-state index contributed by atoms with van der Waals surface area (Å²) in [6, 6.07) is 4.14. The Morgan fingerprint density at radius 2 is 2.47 bits per heavy atom. The van der Waals surface area contributed by atoms with Gasteiger partial charge in [0, 0.05) is 24.2 Å². The van der Waals surface area contributed by atoms with E-state index in [0.717, 1.165) is 36.0 Å². The van der Waals surface area contributed by atoms with Crippen molar-refractivity contribution in [1.82, 2.24) is 9.88 Å². The fourth-order valence-corrected chi connectivity index (χ4v) is 3.79. The van der Waals surface area contributed by atoms with Crippen molar-refractivity contribution in [3.8, 4) is 0 Å². The predicted molar refractivity (Wildman–Crippen MR) is 78.4 cm³/mol. The number of likely N-dealkylation sites (tertiary alicyclic amines) is 1. The molecule has 1 amide bonds. The Bertz CT molecular complexity index is 622. The molecule has 0 aromatic carbocycles. The van der Waals surface area contributed by atoms with Crippen LogP contribution in [0, 0.1) is 0 Å². The number of nitrogen functional groups attached to an aromatic ring is 1. The van der Waals surface area contributed by atoms with Crippen LogP contribution < -0.4 is 5.73 Å². The maximum atomic E-state index is 12.6. The van der Waals surface area contributed by atoms with E-state index in [2.05, 4.69) is 11.9 Å². The molecule has 3 rings (SSSR count). The van der Waals surface area contributed by atoms with Gasteiger partial charge in [-0.25, -0.2) is 4.98 Å². The van der Waals surface area contributed by atoms with Crippen LogP contribution in [0.25, 0.3) is 10.2 Å². The van der Waals surface area contributed by atoms with Crippen LogP contribution in [0.2, 0.25) is 0 Å². The van der Waals surface area contributed by atoms with Gasteiger partial charge in [0.1, 0.15) is 9.71 Å². The van der Waals surface area contributed by atoms with Crippen molar-refractivity contribution in [2.24, 2.45) is 0 Å². The first kappa shape index (κ1) is 12.4. The minimum Gasteiger partial charge on any atom is -0.397 e. The summed E-state index contributed by atoms with van der Waals surface area (Å²) < 4.78 is 0. The largest absolute Gasteiger partial charge is 0.397 e. The van der Waals surface area contributed by atoms with E-state index in [9.17, 15) is 4.79 Å². The zero-order valence-corrected chi connectivity index (χ0v) is 11.7. The number of carbonyl (C=O) groups excluding carboxylic acids is 1. The molecule has 0 radical (unpaired) electrons. The monoisotopic (exact) mass is 275 g/mol. The molecular formula is C14H17N3OS. The highest BCUT2D eigenvalue weighted by Crippen LogP contribution is 2.34. The second-order valence-corrected chi connectivity index (χ2v) is 5.90. The van der Waals surface area contributed by atoms with E-state index >= 15 is 0 Å². The first-order valence-electron chi connectivity index (χ1n) is 6.66. The third-order valence-electron chi connectivity index (χ3n) is 3.81. The Balaban J connectivity index is 2.00. The number of amides is 1. The molecule has 0 bridgehead atoms. The number of carbonyl (C=O) groups is 1. The summed E-state index contributed by atoms with van der Waals surface area (Å²) in [7, 11) is 0. The lowest BCUT2D eigenvalue weighted by molar-refractivity contribution is 0.0739. The highest BCUT2D eigenvalue weighted by molar-refractivity contribution is 7.21. The van der Waals surface area contributed by atoms with Crippen molar-refractivity contribution in [2.45, 2.75) is 32.2 Å². The highest BCUT2D eigenvalue weighted by Gasteiger charge is 2.30. The first-order chi connectivity index (χ1) is 9.22. The van der Waals surface area contributed by atoms with E-state index in [0.29, 0.717) is 16.6 Å². The number of aromatic nitrogens is 1. The van der Waals surface area contributed by atoms with Crippen molar-refractivity contribution in [1.29, 1.82) is 0 Å². The van der Waals surface area contributed by atoms with Gasteiger partial charge in [0.15, 0.2) is 0 Å². The highest BCUT2D eigenvalue weighted by atomic mass is 32.1. The number of thiophene rings is 1. The lowest BCUT2D eigenvalue weighted by atomic mass is 10.1. The van der Waals surface area contributed by atoms with E-state index in [1.54, 1.807) is 6.20 Å². The van der Waals surface area contributed by atoms with Crippen LogP contribution in [0.4, 0.5) is 5.69 Å². The number of fused-ring (bicyclic) bond motifs is 1. The normalized spacial score (nSPS) is 19.2. The van der Waals surface area contributed by atoms with Gasteiger partial charge in [-0.05, 0) is 31.4 Å². The van der Waals surface area contributed by atoms with Crippen LogP contribution in [0.3, 0.4) is 0 Å². The van der Waals surface area contributed by atoms with Crippen LogP contribution in [0.1, 0.15) is 35.9 Å². The van der Waals surface area contributed by atoms with E-state index in [-0.39, 0.29) is 5.91 Å². The number of hydrogen-bond acceptors (Lipinski definition) is 4. The molecule has 2 aromatic heterocycles. The molecule has 2 aromatic rings. The molecule has 100 valence electrons. The molecule has 19 heavy (non-hydrogen) atoms. The third kappa shape index (κ3) is 1.98. The summed E-state index contributed by atoms with van der Waals surface area (Å²) in [5.41, 5.74) is 6.70. The van der Waals surface area contributed by atoms with Crippen LogP contribution in [0.5, 0.6) is 0 Å². The van der Waals surface area contributed by atoms with Crippen molar-refractivity contribution >= 4 is 33.1 Å². The van der Waals surface area contributed by atoms with Crippen LogP contribution >= 0.6 is 11.3 Å². The summed E-state index contributed by atoms with van der Waals surface area (Å²) in [6.07, 6.45) is 4.94. The molecule has 5 heteroatoms. The summed E-state index contributed by atoms with van der Waals surface area (Å²) in [5, 5.41) is 0.892. The average Bonchev–Trinajstić information content (AvgIpc) is 3.03. The Morgan fingerprint density at radius 3 is 3.21 bits per heavy atom. The molecule has 0 saturated carbocycles. The van der Waals surface area contributed by atoms with Crippen molar-refractivity contribution in [2.75, 3.05) is 12.3 Å². The first-order valence-corrected chi connectivity index (χ1v) is 7.48. The Labute approximate surface area is 116 Å². The van der Waals surface area contributed by atoms with E-state index in [4.69, 9.17) is 5.73 Å². The van der Waals surface area contributed by atoms with Gasteiger partial charge >= 0.3 is 0 Å². The second kappa shape index (κ2) is 4.81. The topological polar surface area (TPSA) is 59.2 Å². The number of rotatable bonds is 2. The van der Waals surface area contributed by atoms with Crippen molar-refractivity contribution in [3.63, 3.8) is 0 Å². The molecule has 1 aliphatic rings. The predicted octanol–water partition coefficient (Wildman–Crippen LogP) is 2.89. The summed E-state index contributed by atoms with van der Waals surface area (Å²) >= 11 is 1.40. The maximum Gasteiger partial charge on any atom is 0.266 e. The summed E-state index contributed by atoms with van der Waals surface area (Å²) in [5.74, 6) is 0.0739. The van der Waals surface area contributed by atoms with Gasteiger partial charge in [-0.2, -0.15) is 0 Å². The molecule has 3 heterocycles. The fraction of sp³-hybridized carbons (Fsp3) is 0.429. The van der Waals surface area contributed by atoms with E-state index < -0.39 is 0 Å².